The number of hydrogen-bond donors (Lipinski definition) is 1. The predicted molar refractivity (Wildman–Crippen MR) is 110 cm³/mol. The summed E-state index contributed by atoms with van der Waals surface area (Å²) in [6.07, 6.45) is 4.84. The number of anilines is 1. The molecular formula is C22H23N3O4. The van der Waals surface area contributed by atoms with Crippen molar-refractivity contribution in [1.82, 2.24) is 10.1 Å². The Morgan fingerprint density at radius 1 is 1.17 bits per heavy atom. The SMILES string of the molecule is COc1cc(/C=C/C(=O)Nc2ccc(C)cn2)ccc1OCc1c(C)noc1C. The average Bonchev–Trinajstić information content (AvgIpc) is 3.04. The van der Waals surface area contributed by atoms with Crippen LogP contribution in [0.15, 0.2) is 47.1 Å². The van der Waals surface area contributed by atoms with Gasteiger partial charge in [-0.25, -0.2) is 4.98 Å². The van der Waals surface area contributed by atoms with Crippen LogP contribution in [0.3, 0.4) is 0 Å². The first kappa shape index (κ1) is 20.1. The van der Waals surface area contributed by atoms with E-state index in [0.29, 0.717) is 23.9 Å². The number of ether oxygens (including phenoxy) is 2. The lowest BCUT2D eigenvalue weighted by molar-refractivity contribution is -0.111. The van der Waals surface area contributed by atoms with Gasteiger partial charge in [0, 0.05) is 12.3 Å². The maximum absolute atomic E-state index is 12.1. The van der Waals surface area contributed by atoms with Crippen molar-refractivity contribution < 1.29 is 18.8 Å². The lowest BCUT2D eigenvalue weighted by Crippen LogP contribution is -2.08. The lowest BCUT2D eigenvalue weighted by Gasteiger charge is -2.11. The minimum atomic E-state index is -0.265. The molecule has 29 heavy (non-hydrogen) atoms. The van der Waals surface area contributed by atoms with Gasteiger partial charge in [-0.1, -0.05) is 17.3 Å². The third-order valence-corrected chi connectivity index (χ3v) is 4.33. The van der Waals surface area contributed by atoms with Crippen LogP contribution in [0.4, 0.5) is 5.82 Å². The van der Waals surface area contributed by atoms with Crippen molar-refractivity contribution in [2.45, 2.75) is 27.4 Å². The number of benzene rings is 1. The van der Waals surface area contributed by atoms with E-state index in [0.717, 1.165) is 28.1 Å². The van der Waals surface area contributed by atoms with Gasteiger partial charge in [-0.2, -0.15) is 0 Å². The number of nitrogens with one attached hydrogen (secondary N) is 1. The number of carbonyl (C=O) groups is 1. The number of pyridine rings is 1. The quantitative estimate of drug-likeness (QED) is 0.605. The van der Waals surface area contributed by atoms with E-state index in [1.165, 1.54) is 6.08 Å². The maximum Gasteiger partial charge on any atom is 0.249 e. The van der Waals surface area contributed by atoms with Gasteiger partial charge in [-0.15, -0.1) is 0 Å². The first-order valence-electron chi connectivity index (χ1n) is 9.10. The zero-order valence-corrected chi connectivity index (χ0v) is 16.9. The Hall–Kier alpha value is -3.61. The van der Waals surface area contributed by atoms with Crippen LogP contribution in [-0.2, 0) is 11.4 Å². The van der Waals surface area contributed by atoms with Crippen LogP contribution < -0.4 is 14.8 Å². The molecule has 7 heteroatoms. The fourth-order valence-corrected chi connectivity index (χ4v) is 2.65. The van der Waals surface area contributed by atoms with E-state index in [-0.39, 0.29) is 5.91 Å². The topological polar surface area (TPSA) is 86.5 Å². The molecular weight excluding hydrogens is 370 g/mol. The summed E-state index contributed by atoms with van der Waals surface area (Å²) in [5.74, 6) is 2.14. The third-order valence-electron chi connectivity index (χ3n) is 4.33. The van der Waals surface area contributed by atoms with E-state index in [9.17, 15) is 4.79 Å². The van der Waals surface area contributed by atoms with Crippen molar-refractivity contribution in [2.24, 2.45) is 0 Å². The molecule has 0 aliphatic carbocycles. The molecule has 7 nitrogen and oxygen atoms in total. The number of rotatable bonds is 7. The molecule has 2 aromatic heterocycles. The summed E-state index contributed by atoms with van der Waals surface area (Å²) in [5, 5.41) is 6.64. The van der Waals surface area contributed by atoms with Gasteiger partial charge in [0.05, 0.1) is 18.4 Å². The highest BCUT2D eigenvalue weighted by Crippen LogP contribution is 2.30. The molecule has 1 aromatic carbocycles. The molecule has 3 rings (SSSR count). The van der Waals surface area contributed by atoms with Crippen molar-refractivity contribution in [1.29, 1.82) is 0 Å². The molecule has 0 radical (unpaired) electrons. The van der Waals surface area contributed by atoms with Crippen LogP contribution in [0.2, 0.25) is 0 Å². The second kappa shape index (κ2) is 9.05. The highest BCUT2D eigenvalue weighted by atomic mass is 16.5. The molecule has 0 saturated carbocycles. The molecule has 0 unspecified atom stereocenters. The van der Waals surface area contributed by atoms with Crippen molar-refractivity contribution in [3.8, 4) is 11.5 Å². The largest absolute Gasteiger partial charge is 0.493 e. The molecule has 0 fully saturated rings. The summed E-state index contributed by atoms with van der Waals surface area (Å²) in [6, 6.07) is 9.10. The third kappa shape index (κ3) is 5.22. The van der Waals surface area contributed by atoms with Gasteiger partial charge in [0.15, 0.2) is 11.5 Å². The Bertz CT molecular complexity index is 1000. The summed E-state index contributed by atoms with van der Waals surface area (Å²) in [5.41, 5.74) is 3.55. The first-order valence-corrected chi connectivity index (χ1v) is 9.10. The zero-order valence-electron chi connectivity index (χ0n) is 16.9. The van der Waals surface area contributed by atoms with Crippen LogP contribution in [0, 0.1) is 20.8 Å². The van der Waals surface area contributed by atoms with Crippen molar-refractivity contribution in [2.75, 3.05) is 12.4 Å². The second-order valence-electron chi connectivity index (χ2n) is 6.55. The van der Waals surface area contributed by atoms with Crippen LogP contribution >= 0.6 is 0 Å². The Morgan fingerprint density at radius 2 is 2.00 bits per heavy atom. The Morgan fingerprint density at radius 3 is 2.66 bits per heavy atom. The van der Waals surface area contributed by atoms with E-state index >= 15 is 0 Å². The van der Waals surface area contributed by atoms with Gasteiger partial charge in [0.2, 0.25) is 5.91 Å². The van der Waals surface area contributed by atoms with E-state index < -0.39 is 0 Å². The van der Waals surface area contributed by atoms with E-state index in [4.69, 9.17) is 14.0 Å². The Kier molecular flexibility index (Phi) is 6.29. The normalized spacial score (nSPS) is 10.9. The molecule has 0 saturated heterocycles. The monoisotopic (exact) mass is 393 g/mol. The van der Waals surface area contributed by atoms with Crippen molar-refractivity contribution >= 4 is 17.8 Å². The zero-order chi connectivity index (χ0) is 20.8. The molecule has 0 aliphatic rings. The van der Waals surface area contributed by atoms with Gasteiger partial charge < -0.3 is 19.3 Å². The van der Waals surface area contributed by atoms with Crippen molar-refractivity contribution in [3.05, 3.63) is 70.7 Å². The van der Waals surface area contributed by atoms with Gasteiger partial charge in [-0.3, -0.25) is 4.79 Å². The Balaban J connectivity index is 1.65. The predicted octanol–water partition coefficient (Wildman–Crippen LogP) is 4.23. The molecule has 1 amide bonds. The average molecular weight is 393 g/mol. The molecule has 2 heterocycles. The standard InChI is InChI=1S/C22H23N3O4/c1-14-5-9-21(23-12-14)24-22(26)10-7-17-6-8-19(20(11-17)27-4)28-13-18-15(2)25-29-16(18)3/h5-12H,13H2,1-4H3,(H,23,24,26)/b10-7+. The van der Waals surface area contributed by atoms with Gasteiger partial charge in [-0.05, 0) is 56.2 Å². The molecule has 0 spiro atoms. The summed E-state index contributed by atoms with van der Waals surface area (Å²) < 4.78 is 16.4. The Labute approximate surface area is 169 Å². The fourth-order valence-electron chi connectivity index (χ4n) is 2.65. The number of methoxy groups -OCH3 is 1. The van der Waals surface area contributed by atoms with Gasteiger partial charge >= 0.3 is 0 Å². The minimum Gasteiger partial charge on any atom is -0.493 e. The highest BCUT2D eigenvalue weighted by Gasteiger charge is 2.12. The molecule has 0 atom stereocenters. The number of nitrogens with zero attached hydrogens (tertiary/aromatic N) is 2. The molecule has 0 aliphatic heterocycles. The minimum absolute atomic E-state index is 0.265. The first-order chi connectivity index (χ1) is 14.0. The van der Waals surface area contributed by atoms with Crippen molar-refractivity contribution in [3.63, 3.8) is 0 Å². The summed E-state index contributed by atoms with van der Waals surface area (Å²) >= 11 is 0. The fraction of sp³-hybridized carbons (Fsp3) is 0.227. The number of aryl methyl sites for hydroxylation is 3. The lowest BCUT2D eigenvalue weighted by atomic mass is 10.2. The summed E-state index contributed by atoms with van der Waals surface area (Å²) in [6.45, 7) is 5.99. The maximum atomic E-state index is 12.1. The van der Waals surface area contributed by atoms with E-state index in [2.05, 4.69) is 15.5 Å². The smallest absolute Gasteiger partial charge is 0.249 e. The molecule has 150 valence electrons. The second-order valence-corrected chi connectivity index (χ2v) is 6.55. The van der Waals surface area contributed by atoms with E-state index in [1.54, 1.807) is 37.6 Å². The summed E-state index contributed by atoms with van der Waals surface area (Å²) in [4.78, 5) is 16.2. The molecule has 1 N–H and O–H groups in total. The number of amides is 1. The van der Waals surface area contributed by atoms with Crippen LogP contribution in [0.1, 0.15) is 28.1 Å². The molecule has 0 bridgehead atoms. The number of hydrogen-bond acceptors (Lipinski definition) is 6. The van der Waals surface area contributed by atoms with Crippen LogP contribution in [-0.4, -0.2) is 23.2 Å². The molecule has 3 aromatic rings. The highest BCUT2D eigenvalue weighted by molar-refractivity contribution is 6.01. The number of aromatic nitrogens is 2. The van der Waals surface area contributed by atoms with Crippen LogP contribution in [0.5, 0.6) is 11.5 Å². The number of carbonyl (C=O) groups excluding carboxylic acids is 1. The van der Waals surface area contributed by atoms with Gasteiger partial charge in [0.25, 0.3) is 0 Å². The van der Waals surface area contributed by atoms with E-state index in [1.807, 2.05) is 32.9 Å². The summed E-state index contributed by atoms with van der Waals surface area (Å²) in [7, 11) is 1.57. The van der Waals surface area contributed by atoms with Gasteiger partial charge in [0.1, 0.15) is 18.2 Å². The van der Waals surface area contributed by atoms with Crippen LogP contribution in [0.25, 0.3) is 6.08 Å².